The molecule has 28 heavy (non-hydrogen) atoms. The molecule has 0 bridgehead atoms. The number of rotatable bonds is 4. The summed E-state index contributed by atoms with van der Waals surface area (Å²) in [4.78, 5) is 25.4. The first-order valence-corrected chi connectivity index (χ1v) is 9.61. The monoisotopic (exact) mass is 382 g/mol. The SMILES string of the molecule is Cc1cc(N2CCC(CN(C)C(=O)c3cc(C)n(C)n3)CC2)n2ncnc2n1. The van der Waals surface area contributed by atoms with Crippen LogP contribution in [0.1, 0.15) is 34.7 Å². The minimum absolute atomic E-state index is 0.0137. The fraction of sp³-hybridized carbons (Fsp3) is 0.526. The third-order valence-electron chi connectivity index (χ3n) is 5.51. The van der Waals surface area contributed by atoms with E-state index in [1.165, 1.54) is 6.33 Å². The van der Waals surface area contributed by atoms with Crippen molar-refractivity contribution < 1.29 is 4.79 Å². The molecule has 0 atom stereocenters. The van der Waals surface area contributed by atoms with Crippen LogP contribution in [-0.4, -0.2) is 66.9 Å². The molecule has 4 rings (SSSR count). The van der Waals surface area contributed by atoms with Gasteiger partial charge in [-0.05, 0) is 38.7 Å². The maximum Gasteiger partial charge on any atom is 0.274 e. The molecule has 1 fully saturated rings. The molecule has 0 unspecified atom stereocenters. The highest BCUT2D eigenvalue weighted by Crippen LogP contribution is 2.24. The number of amides is 1. The highest BCUT2D eigenvalue weighted by molar-refractivity contribution is 5.92. The third-order valence-corrected chi connectivity index (χ3v) is 5.51. The van der Waals surface area contributed by atoms with E-state index in [4.69, 9.17) is 0 Å². The molecule has 1 aliphatic heterocycles. The summed E-state index contributed by atoms with van der Waals surface area (Å²) in [6.07, 6.45) is 3.59. The topological polar surface area (TPSA) is 84.5 Å². The second-order valence-electron chi connectivity index (χ2n) is 7.64. The van der Waals surface area contributed by atoms with Crippen molar-refractivity contribution in [2.75, 3.05) is 31.6 Å². The lowest BCUT2D eigenvalue weighted by molar-refractivity contribution is 0.0758. The number of piperidine rings is 1. The van der Waals surface area contributed by atoms with Crippen molar-refractivity contribution in [3.63, 3.8) is 0 Å². The van der Waals surface area contributed by atoms with Gasteiger partial charge in [-0.25, -0.2) is 4.98 Å². The fourth-order valence-corrected chi connectivity index (χ4v) is 3.81. The summed E-state index contributed by atoms with van der Waals surface area (Å²) < 4.78 is 3.54. The summed E-state index contributed by atoms with van der Waals surface area (Å²) in [5.74, 6) is 2.13. The number of fused-ring (bicyclic) bond motifs is 1. The Morgan fingerprint density at radius 3 is 2.68 bits per heavy atom. The smallest absolute Gasteiger partial charge is 0.274 e. The molecule has 148 valence electrons. The second-order valence-corrected chi connectivity index (χ2v) is 7.64. The number of carbonyl (C=O) groups is 1. The lowest BCUT2D eigenvalue weighted by atomic mass is 9.96. The van der Waals surface area contributed by atoms with Crippen molar-refractivity contribution in [2.24, 2.45) is 13.0 Å². The number of carbonyl (C=O) groups excluding carboxylic acids is 1. The van der Waals surface area contributed by atoms with E-state index in [-0.39, 0.29) is 5.91 Å². The molecular formula is C19H26N8O. The minimum Gasteiger partial charge on any atom is -0.356 e. The molecule has 0 radical (unpaired) electrons. The van der Waals surface area contributed by atoms with Crippen LogP contribution >= 0.6 is 0 Å². The summed E-state index contributed by atoms with van der Waals surface area (Å²) in [7, 11) is 3.72. The van der Waals surface area contributed by atoms with Crippen LogP contribution in [0.25, 0.3) is 5.78 Å². The van der Waals surface area contributed by atoms with Gasteiger partial charge in [-0.2, -0.15) is 19.7 Å². The van der Waals surface area contributed by atoms with E-state index >= 15 is 0 Å². The zero-order valence-corrected chi connectivity index (χ0v) is 16.8. The summed E-state index contributed by atoms with van der Waals surface area (Å²) in [6.45, 7) is 6.52. The molecule has 9 nitrogen and oxygen atoms in total. The molecule has 0 aliphatic carbocycles. The van der Waals surface area contributed by atoms with Crippen LogP contribution in [0.3, 0.4) is 0 Å². The van der Waals surface area contributed by atoms with Crippen LogP contribution < -0.4 is 4.90 Å². The lowest BCUT2D eigenvalue weighted by Gasteiger charge is -2.35. The summed E-state index contributed by atoms with van der Waals surface area (Å²) in [6, 6.07) is 3.90. The van der Waals surface area contributed by atoms with E-state index < -0.39 is 0 Å². The third kappa shape index (κ3) is 3.44. The quantitative estimate of drug-likeness (QED) is 0.679. The van der Waals surface area contributed by atoms with Gasteiger partial charge in [-0.1, -0.05) is 0 Å². The van der Waals surface area contributed by atoms with Gasteiger partial charge in [0.15, 0.2) is 5.69 Å². The molecule has 1 aliphatic rings. The Morgan fingerprint density at radius 1 is 1.25 bits per heavy atom. The number of anilines is 1. The predicted molar refractivity (Wildman–Crippen MR) is 105 cm³/mol. The molecule has 0 aromatic carbocycles. The van der Waals surface area contributed by atoms with Gasteiger partial charge in [0.05, 0.1) is 0 Å². The van der Waals surface area contributed by atoms with Gasteiger partial charge in [0.25, 0.3) is 11.7 Å². The van der Waals surface area contributed by atoms with Gasteiger partial charge in [0.2, 0.25) is 0 Å². The molecule has 0 N–H and O–H groups in total. The zero-order valence-electron chi connectivity index (χ0n) is 16.8. The van der Waals surface area contributed by atoms with Crippen molar-refractivity contribution >= 4 is 17.5 Å². The standard InChI is InChI=1S/C19H26N8O/c1-13-9-17(27-19(22-13)20-12-21-27)26-7-5-15(6-8-26)11-24(3)18(28)16-10-14(2)25(4)23-16/h9-10,12,15H,5-8,11H2,1-4H3. The molecular weight excluding hydrogens is 356 g/mol. The molecule has 3 aromatic heterocycles. The Bertz CT molecular complexity index is 979. The van der Waals surface area contributed by atoms with Crippen molar-refractivity contribution in [1.29, 1.82) is 0 Å². The van der Waals surface area contributed by atoms with Gasteiger partial charge in [-0.15, -0.1) is 0 Å². The fourth-order valence-electron chi connectivity index (χ4n) is 3.81. The number of hydrogen-bond acceptors (Lipinski definition) is 6. The van der Waals surface area contributed by atoms with Gasteiger partial charge in [0.1, 0.15) is 12.1 Å². The molecule has 0 spiro atoms. The normalized spacial score (nSPS) is 15.4. The second kappa shape index (κ2) is 7.21. The van der Waals surface area contributed by atoms with Crippen LogP contribution in [-0.2, 0) is 7.05 Å². The van der Waals surface area contributed by atoms with E-state index in [0.29, 0.717) is 17.4 Å². The Labute approximate surface area is 164 Å². The Hall–Kier alpha value is -2.97. The summed E-state index contributed by atoms with van der Waals surface area (Å²) in [5, 5.41) is 8.61. The van der Waals surface area contributed by atoms with Crippen molar-refractivity contribution in [3.8, 4) is 0 Å². The van der Waals surface area contributed by atoms with Gasteiger partial charge >= 0.3 is 0 Å². The first-order chi connectivity index (χ1) is 13.4. The minimum atomic E-state index is -0.0137. The van der Waals surface area contributed by atoms with Crippen molar-refractivity contribution in [2.45, 2.75) is 26.7 Å². The van der Waals surface area contributed by atoms with Gasteiger partial charge < -0.3 is 9.80 Å². The molecule has 0 saturated carbocycles. The van der Waals surface area contributed by atoms with Crippen LogP contribution in [0.2, 0.25) is 0 Å². The van der Waals surface area contributed by atoms with Crippen LogP contribution in [0.4, 0.5) is 5.82 Å². The predicted octanol–water partition coefficient (Wildman–Crippen LogP) is 1.46. The molecule has 9 heteroatoms. The van der Waals surface area contributed by atoms with Crippen molar-refractivity contribution in [3.05, 3.63) is 35.5 Å². The maximum atomic E-state index is 12.6. The van der Waals surface area contributed by atoms with E-state index in [1.807, 2.05) is 34.0 Å². The Kier molecular flexibility index (Phi) is 4.74. The van der Waals surface area contributed by atoms with Gasteiger partial charge in [-0.3, -0.25) is 9.48 Å². The van der Waals surface area contributed by atoms with E-state index in [2.05, 4.69) is 31.1 Å². The molecule has 1 amide bonds. The number of nitrogens with zero attached hydrogens (tertiary/aromatic N) is 8. The van der Waals surface area contributed by atoms with Crippen LogP contribution in [0.5, 0.6) is 0 Å². The van der Waals surface area contributed by atoms with Crippen LogP contribution in [0, 0.1) is 19.8 Å². The molecule has 1 saturated heterocycles. The number of aryl methyl sites for hydroxylation is 3. The highest BCUT2D eigenvalue weighted by atomic mass is 16.2. The van der Waals surface area contributed by atoms with E-state index in [9.17, 15) is 4.79 Å². The number of hydrogen-bond donors (Lipinski definition) is 0. The summed E-state index contributed by atoms with van der Waals surface area (Å²) in [5.41, 5.74) is 2.44. The Balaban J connectivity index is 1.38. The lowest BCUT2D eigenvalue weighted by Crippen LogP contribution is -2.40. The zero-order chi connectivity index (χ0) is 19.8. The van der Waals surface area contributed by atoms with E-state index in [1.54, 1.807) is 14.1 Å². The maximum absolute atomic E-state index is 12.6. The van der Waals surface area contributed by atoms with Crippen molar-refractivity contribution in [1.82, 2.24) is 34.3 Å². The molecule has 3 aromatic rings. The van der Waals surface area contributed by atoms with Crippen LogP contribution in [0.15, 0.2) is 18.5 Å². The van der Waals surface area contributed by atoms with Gasteiger partial charge in [0, 0.05) is 51.2 Å². The first-order valence-electron chi connectivity index (χ1n) is 9.61. The molecule has 4 heterocycles. The summed E-state index contributed by atoms with van der Waals surface area (Å²) >= 11 is 0. The highest BCUT2D eigenvalue weighted by Gasteiger charge is 2.25. The van der Waals surface area contributed by atoms with E-state index in [0.717, 1.165) is 49.7 Å². The number of aromatic nitrogens is 6. The average molecular weight is 382 g/mol. The Morgan fingerprint density at radius 2 is 2.00 bits per heavy atom. The average Bonchev–Trinajstić information content (AvgIpc) is 3.27. The first kappa shape index (κ1) is 18.4. The largest absolute Gasteiger partial charge is 0.356 e.